The van der Waals surface area contributed by atoms with E-state index in [0.29, 0.717) is 6.61 Å². The van der Waals surface area contributed by atoms with Crippen molar-refractivity contribution in [2.24, 2.45) is 0 Å². The van der Waals surface area contributed by atoms with E-state index in [4.69, 9.17) is 0 Å². The van der Waals surface area contributed by atoms with Crippen LogP contribution in [0.5, 0.6) is 0 Å². The molecule has 0 aromatic carbocycles. The highest BCUT2D eigenvalue weighted by Crippen LogP contribution is 1.99. The summed E-state index contributed by atoms with van der Waals surface area (Å²) >= 11 is 1.67. The lowest BCUT2D eigenvalue weighted by atomic mass is 10.9. The Morgan fingerprint density at radius 2 is 2.00 bits per heavy atom. The van der Waals surface area contributed by atoms with Gasteiger partial charge in [0.2, 0.25) is 0 Å². The highest BCUT2D eigenvalue weighted by atomic mass is 32.2. The van der Waals surface area contributed by atoms with Gasteiger partial charge in [0.15, 0.2) is 0 Å². The van der Waals surface area contributed by atoms with Gasteiger partial charge < -0.3 is 0 Å². The maximum absolute atomic E-state index is 10.7. The third-order valence-electron chi connectivity index (χ3n) is 1.05. The molecule has 0 aliphatic carbocycles. The minimum atomic E-state index is -3.21. The molecule has 0 spiro atoms. The lowest BCUT2D eigenvalue weighted by Gasteiger charge is -2.01. The second-order valence-electron chi connectivity index (χ2n) is 1.87. The van der Waals surface area contributed by atoms with Gasteiger partial charge >= 0.3 is 0 Å². The molecule has 0 amide bonds. The summed E-state index contributed by atoms with van der Waals surface area (Å²) in [6.45, 7) is 3.90. The summed E-state index contributed by atoms with van der Waals surface area (Å²) in [6.07, 6.45) is 0. The second-order valence-corrected chi connectivity index (χ2v) is 5.19. The molecule has 0 aromatic rings. The Morgan fingerprint density at radius 1 is 1.36 bits per heavy atom. The molecule has 0 atom stereocenters. The molecule has 0 saturated heterocycles. The van der Waals surface area contributed by atoms with Crippen molar-refractivity contribution in [3.8, 4) is 0 Å². The fourth-order valence-corrected chi connectivity index (χ4v) is 1.55. The first-order valence-corrected chi connectivity index (χ1v) is 6.30. The average Bonchev–Trinajstić information content (AvgIpc) is 1.99. The molecule has 68 valence electrons. The summed E-state index contributed by atoms with van der Waals surface area (Å²) < 4.78 is 26.1. The van der Waals surface area contributed by atoms with Crippen LogP contribution in [0.15, 0.2) is 0 Å². The van der Waals surface area contributed by atoms with Crippen molar-refractivity contribution in [1.29, 1.82) is 0 Å². The lowest BCUT2D eigenvalue weighted by Crippen LogP contribution is -2.10. The summed E-state index contributed by atoms with van der Waals surface area (Å²) in [4.78, 5) is 0. The smallest absolute Gasteiger partial charge is 0.267 e. The van der Waals surface area contributed by atoms with Crippen molar-refractivity contribution in [2.45, 2.75) is 13.8 Å². The van der Waals surface area contributed by atoms with Crippen molar-refractivity contribution in [3.63, 3.8) is 0 Å². The number of hydrogen-bond acceptors (Lipinski definition) is 4. The monoisotopic (exact) mass is 198 g/mol. The Kier molecular flexibility index (Phi) is 5.99. The van der Waals surface area contributed by atoms with Crippen LogP contribution >= 0.6 is 11.8 Å². The minimum Gasteiger partial charge on any atom is -0.269 e. The predicted molar refractivity (Wildman–Crippen MR) is 48.4 cm³/mol. The molecule has 0 aliphatic heterocycles. The van der Waals surface area contributed by atoms with Crippen LogP contribution in [0, 0.1) is 0 Å². The van der Waals surface area contributed by atoms with Crippen molar-refractivity contribution >= 4 is 21.9 Å². The SMILES string of the molecule is CCSCCOS(=O)(=O)CC. The average molecular weight is 198 g/mol. The summed E-state index contributed by atoms with van der Waals surface area (Å²) in [5.74, 6) is 1.80. The molecule has 0 radical (unpaired) electrons. The van der Waals surface area contributed by atoms with E-state index in [2.05, 4.69) is 4.18 Å². The molecule has 11 heavy (non-hydrogen) atoms. The van der Waals surface area contributed by atoms with Gasteiger partial charge in [-0.05, 0) is 12.7 Å². The maximum Gasteiger partial charge on any atom is 0.267 e. The van der Waals surface area contributed by atoms with Gasteiger partial charge in [-0.1, -0.05) is 6.92 Å². The summed E-state index contributed by atoms with van der Waals surface area (Å²) in [5, 5.41) is 0. The predicted octanol–water partition coefficient (Wildman–Crippen LogP) is 1.11. The fraction of sp³-hybridized carbons (Fsp3) is 1.00. The molecular weight excluding hydrogens is 184 g/mol. The van der Waals surface area contributed by atoms with Gasteiger partial charge in [-0.2, -0.15) is 20.2 Å². The van der Waals surface area contributed by atoms with Crippen molar-refractivity contribution in [1.82, 2.24) is 0 Å². The van der Waals surface area contributed by atoms with Gasteiger partial charge in [0.05, 0.1) is 12.4 Å². The molecule has 0 fully saturated rings. The second kappa shape index (κ2) is 5.85. The zero-order valence-electron chi connectivity index (χ0n) is 6.87. The van der Waals surface area contributed by atoms with Crippen molar-refractivity contribution in [2.75, 3.05) is 23.9 Å². The quantitative estimate of drug-likeness (QED) is 0.473. The van der Waals surface area contributed by atoms with E-state index in [1.165, 1.54) is 0 Å². The molecule has 5 heteroatoms. The molecule has 3 nitrogen and oxygen atoms in total. The fourth-order valence-electron chi connectivity index (χ4n) is 0.448. The van der Waals surface area contributed by atoms with Gasteiger partial charge in [0.25, 0.3) is 10.1 Å². The molecule has 0 aromatic heterocycles. The topological polar surface area (TPSA) is 43.4 Å². The van der Waals surface area contributed by atoms with Crippen LogP contribution in [0.25, 0.3) is 0 Å². The third-order valence-corrected chi connectivity index (χ3v) is 3.14. The van der Waals surface area contributed by atoms with E-state index in [1.807, 2.05) is 6.92 Å². The highest BCUT2D eigenvalue weighted by Gasteiger charge is 2.05. The van der Waals surface area contributed by atoms with Crippen molar-refractivity contribution in [3.05, 3.63) is 0 Å². The van der Waals surface area contributed by atoms with E-state index in [-0.39, 0.29) is 5.75 Å². The van der Waals surface area contributed by atoms with E-state index in [1.54, 1.807) is 18.7 Å². The Hall–Kier alpha value is 0.260. The molecule has 0 N–H and O–H groups in total. The molecule has 0 bridgehead atoms. The largest absolute Gasteiger partial charge is 0.269 e. The molecular formula is C6H14O3S2. The first-order valence-electron chi connectivity index (χ1n) is 3.57. The first kappa shape index (κ1) is 11.3. The summed E-state index contributed by atoms with van der Waals surface area (Å²) in [6, 6.07) is 0. The molecule has 0 rings (SSSR count). The zero-order chi connectivity index (χ0) is 8.74. The van der Waals surface area contributed by atoms with Gasteiger partial charge in [-0.25, -0.2) is 0 Å². The van der Waals surface area contributed by atoms with E-state index < -0.39 is 10.1 Å². The Bertz CT molecular complexity index is 174. The maximum atomic E-state index is 10.7. The van der Waals surface area contributed by atoms with Crippen LogP contribution in [-0.2, 0) is 14.3 Å². The number of hydrogen-bond donors (Lipinski definition) is 0. The Labute approximate surface area is 72.6 Å². The van der Waals surface area contributed by atoms with Crippen LogP contribution in [0.3, 0.4) is 0 Å². The summed E-state index contributed by atoms with van der Waals surface area (Å²) in [7, 11) is -3.21. The molecule has 0 heterocycles. The Morgan fingerprint density at radius 3 is 2.45 bits per heavy atom. The van der Waals surface area contributed by atoms with Crippen LogP contribution in [-0.4, -0.2) is 32.3 Å². The van der Waals surface area contributed by atoms with Gasteiger partial charge in [-0.3, -0.25) is 4.18 Å². The van der Waals surface area contributed by atoms with E-state index in [9.17, 15) is 8.42 Å². The first-order chi connectivity index (χ1) is 5.12. The van der Waals surface area contributed by atoms with Crippen molar-refractivity contribution < 1.29 is 12.6 Å². The van der Waals surface area contributed by atoms with Gasteiger partial charge in [0, 0.05) is 5.75 Å². The number of thioether (sulfide) groups is 1. The highest BCUT2D eigenvalue weighted by molar-refractivity contribution is 7.99. The van der Waals surface area contributed by atoms with Crippen LogP contribution in [0.1, 0.15) is 13.8 Å². The van der Waals surface area contributed by atoms with Crippen LogP contribution in [0.4, 0.5) is 0 Å². The normalized spacial score (nSPS) is 11.8. The zero-order valence-corrected chi connectivity index (χ0v) is 8.50. The standard InChI is InChI=1S/C6H14O3S2/c1-3-10-6-5-9-11(7,8)4-2/h3-6H2,1-2H3. The summed E-state index contributed by atoms with van der Waals surface area (Å²) in [5.41, 5.74) is 0. The van der Waals surface area contributed by atoms with E-state index >= 15 is 0 Å². The third kappa shape index (κ3) is 6.65. The number of rotatable bonds is 6. The Balaban J connectivity index is 3.39. The minimum absolute atomic E-state index is 0.0593. The van der Waals surface area contributed by atoms with Gasteiger partial charge in [-0.15, -0.1) is 0 Å². The van der Waals surface area contributed by atoms with Crippen LogP contribution < -0.4 is 0 Å². The molecule has 0 aliphatic rings. The van der Waals surface area contributed by atoms with Gasteiger partial charge in [0.1, 0.15) is 0 Å². The molecule has 0 saturated carbocycles. The lowest BCUT2D eigenvalue weighted by molar-refractivity contribution is 0.342. The van der Waals surface area contributed by atoms with Crippen LogP contribution in [0.2, 0.25) is 0 Å². The van der Waals surface area contributed by atoms with E-state index in [0.717, 1.165) is 11.5 Å². The molecule has 0 unspecified atom stereocenters.